The van der Waals surface area contributed by atoms with E-state index in [0.29, 0.717) is 0 Å². The van der Waals surface area contributed by atoms with Crippen LogP contribution in [0.5, 0.6) is 0 Å². The molecule has 21 heavy (non-hydrogen) atoms. The Morgan fingerprint density at radius 2 is 1.33 bits per heavy atom. The summed E-state index contributed by atoms with van der Waals surface area (Å²) >= 11 is 0. The van der Waals surface area contributed by atoms with Crippen LogP contribution in [0.2, 0.25) is 0 Å². The molecule has 4 heteroatoms. The fraction of sp³-hybridized carbons (Fsp3) is 0.412. The van der Waals surface area contributed by atoms with Crippen molar-refractivity contribution in [2.45, 2.75) is 38.5 Å². The summed E-state index contributed by atoms with van der Waals surface area (Å²) in [5.41, 5.74) is 0. The van der Waals surface area contributed by atoms with E-state index in [1.165, 1.54) is 44.8 Å². The van der Waals surface area contributed by atoms with Crippen LogP contribution in [-0.4, -0.2) is 19.0 Å². The van der Waals surface area contributed by atoms with Crippen molar-refractivity contribution in [1.82, 2.24) is 0 Å². The Labute approximate surface area is 127 Å². The smallest absolute Gasteiger partial charge is 0.338 e. The summed E-state index contributed by atoms with van der Waals surface area (Å²) in [4.78, 5) is 19.8. The molecule has 0 fully saturated rings. The van der Waals surface area contributed by atoms with Crippen molar-refractivity contribution >= 4 is 11.9 Å². The predicted octanol–water partition coefficient (Wildman–Crippen LogP) is 4.10. The molecule has 0 bridgehead atoms. The van der Waals surface area contributed by atoms with E-state index in [0.717, 1.165) is 12.2 Å². The van der Waals surface area contributed by atoms with Crippen LogP contribution in [0.15, 0.2) is 50.3 Å². The molecule has 0 aromatic carbocycles. The van der Waals surface area contributed by atoms with Gasteiger partial charge in [-0.25, -0.2) is 9.59 Å². The van der Waals surface area contributed by atoms with Crippen LogP contribution in [0, 0.1) is 0 Å². The van der Waals surface area contributed by atoms with E-state index < -0.39 is 11.9 Å². The molecular formula is C17H26O4. The van der Waals surface area contributed by atoms with Gasteiger partial charge in [-0.15, -0.1) is 13.2 Å². The molecule has 4 nitrogen and oxygen atoms in total. The Bertz CT molecular complexity index is 315. The third kappa shape index (κ3) is 20.4. The number of unbranched alkanes of at least 4 members (excludes halogenated alkanes) is 5. The molecule has 0 radical (unpaired) electrons. The molecule has 1 heterocycles. The zero-order valence-electron chi connectivity index (χ0n) is 12.9. The molecule has 0 saturated carbocycles. The van der Waals surface area contributed by atoms with Crippen LogP contribution >= 0.6 is 0 Å². The lowest BCUT2D eigenvalue weighted by Crippen LogP contribution is -1.96. The summed E-state index contributed by atoms with van der Waals surface area (Å²) in [6.45, 7) is 10.6. The Balaban J connectivity index is 0. The summed E-state index contributed by atoms with van der Waals surface area (Å²) in [7, 11) is 1.56. The molecule has 0 N–H and O–H groups in total. The van der Waals surface area contributed by atoms with Gasteiger partial charge in [0.2, 0.25) is 0 Å². The molecule has 1 aliphatic heterocycles. The first-order valence-corrected chi connectivity index (χ1v) is 6.91. The predicted molar refractivity (Wildman–Crippen MR) is 85.5 cm³/mol. The molecule has 0 spiro atoms. The lowest BCUT2D eigenvalue weighted by atomic mass is 10.1. The first-order chi connectivity index (χ1) is 10.1. The molecular weight excluding hydrogens is 268 g/mol. The van der Waals surface area contributed by atoms with E-state index in [1.54, 1.807) is 7.11 Å². The van der Waals surface area contributed by atoms with Crippen molar-refractivity contribution in [3.8, 4) is 0 Å². The van der Waals surface area contributed by atoms with E-state index in [1.807, 2.05) is 12.2 Å². The van der Waals surface area contributed by atoms with Crippen LogP contribution in [0.1, 0.15) is 38.5 Å². The second-order valence-corrected chi connectivity index (χ2v) is 4.04. The number of esters is 2. The highest BCUT2D eigenvalue weighted by Gasteiger charge is 2.10. The van der Waals surface area contributed by atoms with Gasteiger partial charge in [-0.3, -0.25) is 0 Å². The average Bonchev–Trinajstić information content (AvgIpc) is 2.87. The highest BCUT2D eigenvalue weighted by atomic mass is 16.6. The van der Waals surface area contributed by atoms with Gasteiger partial charge in [-0.05, 0) is 25.7 Å². The number of ether oxygens (including phenoxy) is 2. The van der Waals surface area contributed by atoms with Crippen molar-refractivity contribution in [2.75, 3.05) is 7.11 Å². The van der Waals surface area contributed by atoms with Crippen LogP contribution in [-0.2, 0) is 19.1 Å². The zero-order valence-corrected chi connectivity index (χ0v) is 12.9. The number of allylic oxidation sites excluding steroid dienone is 2. The van der Waals surface area contributed by atoms with Gasteiger partial charge in [0, 0.05) is 12.2 Å². The van der Waals surface area contributed by atoms with Crippen LogP contribution in [0.3, 0.4) is 0 Å². The third-order valence-corrected chi connectivity index (χ3v) is 2.29. The van der Waals surface area contributed by atoms with E-state index in [2.05, 4.69) is 29.2 Å². The van der Waals surface area contributed by atoms with E-state index >= 15 is 0 Å². The molecule has 0 saturated heterocycles. The van der Waals surface area contributed by atoms with E-state index in [9.17, 15) is 9.59 Å². The molecule has 1 rings (SSSR count). The highest BCUT2D eigenvalue weighted by molar-refractivity contribution is 6.04. The van der Waals surface area contributed by atoms with Crippen LogP contribution in [0.25, 0.3) is 0 Å². The summed E-state index contributed by atoms with van der Waals surface area (Å²) in [5, 5.41) is 0. The number of methoxy groups -OCH3 is 1. The van der Waals surface area contributed by atoms with Gasteiger partial charge in [0.15, 0.2) is 0 Å². The van der Waals surface area contributed by atoms with Gasteiger partial charge >= 0.3 is 11.9 Å². The summed E-state index contributed by atoms with van der Waals surface area (Å²) < 4.78 is 8.28. The van der Waals surface area contributed by atoms with Crippen molar-refractivity contribution in [2.24, 2.45) is 0 Å². The molecule has 0 amide bonds. The molecule has 0 aliphatic carbocycles. The highest BCUT2D eigenvalue weighted by Crippen LogP contribution is 2.05. The van der Waals surface area contributed by atoms with Gasteiger partial charge in [0.05, 0.1) is 13.4 Å². The number of hydrogen-bond acceptors (Lipinski definition) is 4. The fourth-order valence-electron chi connectivity index (χ4n) is 1.23. The van der Waals surface area contributed by atoms with Gasteiger partial charge in [0.25, 0.3) is 0 Å². The van der Waals surface area contributed by atoms with Crippen molar-refractivity contribution < 1.29 is 19.1 Å². The number of hydrogen-bond donors (Lipinski definition) is 0. The standard InChI is InChI=1S/C10H18.C4H2O3.C3H6O/c1-3-5-7-9-10-8-6-4-2;5-3-1-2-4(6)7-3;1-3-4-2/h3-4H,1-2,5-10H2;1-2H;3H,1H2,2H3. The minimum atomic E-state index is -0.579. The van der Waals surface area contributed by atoms with Gasteiger partial charge in [-0.2, -0.15) is 0 Å². The second kappa shape index (κ2) is 17.9. The van der Waals surface area contributed by atoms with Gasteiger partial charge < -0.3 is 9.47 Å². The Kier molecular flexibility index (Phi) is 18.1. The quantitative estimate of drug-likeness (QED) is 0.222. The maximum absolute atomic E-state index is 9.92. The normalized spacial score (nSPS) is 11.3. The Hall–Kier alpha value is -2.10. The molecule has 0 aromatic rings. The minimum Gasteiger partial charge on any atom is -0.505 e. The fourth-order valence-corrected chi connectivity index (χ4v) is 1.23. The molecule has 0 atom stereocenters. The third-order valence-electron chi connectivity index (χ3n) is 2.29. The first-order valence-electron chi connectivity index (χ1n) is 6.91. The Morgan fingerprint density at radius 3 is 1.52 bits per heavy atom. The average molecular weight is 294 g/mol. The summed E-state index contributed by atoms with van der Waals surface area (Å²) in [5.74, 6) is -1.16. The maximum atomic E-state index is 9.92. The van der Waals surface area contributed by atoms with E-state index in [4.69, 9.17) is 0 Å². The topological polar surface area (TPSA) is 52.6 Å². The van der Waals surface area contributed by atoms with Crippen molar-refractivity contribution in [3.05, 3.63) is 50.3 Å². The monoisotopic (exact) mass is 294 g/mol. The summed E-state index contributed by atoms with van der Waals surface area (Å²) in [6.07, 6.45) is 15.2. The maximum Gasteiger partial charge on any atom is 0.338 e. The van der Waals surface area contributed by atoms with Gasteiger partial charge in [-0.1, -0.05) is 31.6 Å². The Morgan fingerprint density at radius 1 is 0.952 bits per heavy atom. The largest absolute Gasteiger partial charge is 0.505 e. The molecule has 1 aliphatic rings. The lowest BCUT2D eigenvalue weighted by molar-refractivity contribution is -0.150. The van der Waals surface area contributed by atoms with E-state index in [-0.39, 0.29) is 0 Å². The first kappa shape index (κ1) is 21.2. The molecule has 0 aromatic heterocycles. The molecule has 0 unspecified atom stereocenters. The van der Waals surface area contributed by atoms with Crippen molar-refractivity contribution in [3.63, 3.8) is 0 Å². The zero-order chi connectivity index (χ0) is 16.3. The lowest BCUT2D eigenvalue weighted by Gasteiger charge is -1.95. The number of cyclic esters (lactones) is 2. The summed E-state index contributed by atoms with van der Waals surface area (Å²) in [6, 6.07) is 0. The van der Waals surface area contributed by atoms with Crippen LogP contribution in [0.4, 0.5) is 0 Å². The number of carbonyl (C=O) groups excluding carboxylic acids is 2. The SMILES string of the molecule is C=CCCCCCCC=C.C=COC.O=C1C=CC(=O)O1. The van der Waals surface area contributed by atoms with Crippen molar-refractivity contribution in [1.29, 1.82) is 0 Å². The molecule has 118 valence electrons. The van der Waals surface area contributed by atoms with Gasteiger partial charge in [0.1, 0.15) is 0 Å². The second-order valence-electron chi connectivity index (χ2n) is 4.04. The number of carbonyl (C=O) groups is 2. The number of rotatable bonds is 8. The minimum absolute atomic E-state index is 0.579. The van der Waals surface area contributed by atoms with Crippen LogP contribution < -0.4 is 0 Å².